The van der Waals surface area contributed by atoms with Gasteiger partial charge in [-0.1, -0.05) is 12.6 Å². The second-order valence-electron chi connectivity index (χ2n) is 3.81. The molecular formula is C11H12BNO3. The molecule has 0 bridgehead atoms. The van der Waals surface area contributed by atoms with Crippen molar-refractivity contribution in [3.63, 3.8) is 0 Å². The highest BCUT2D eigenvalue weighted by Crippen LogP contribution is 2.14. The molecule has 0 atom stereocenters. The molecule has 1 aliphatic rings. The molecule has 0 saturated heterocycles. The second kappa shape index (κ2) is 4.12. The molecule has 0 radical (unpaired) electrons. The Labute approximate surface area is 94.1 Å². The van der Waals surface area contributed by atoms with Gasteiger partial charge in [0.15, 0.2) is 0 Å². The van der Waals surface area contributed by atoms with E-state index in [2.05, 4.69) is 11.9 Å². The van der Waals surface area contributed by atoms with Crippen LogP contribution in [0.15, 0.2) is 30.4 Å². The van der Waals surface area contributed by atoms with Crippen molar-refractivity contribution in [1.82, 2.24) is 0 Å². The van der Waals surface area contributed by atoms with E-state index < -0.39 is 7.12 Å². The van der Waals surface area contributed by atoms with E-state index in [1.807, 2.05) is 6.07 Å². The molecule has 4 nitrogen and oxygen atoms in total. The molecule has 82 valence electrons. The molecule has 2 N–H and O–H groups in total. The molecule has 0 spiro atoms. The zero-order chi connectivity index (χ0) is 11.7. The van der Waals surface area contributed by atoms with E-state index >= 15 is 0 Å². The van der Waals surface area contributed by atoms with Gasteiger partial charge in [0.2, 0.25) is 0 Å². The van der Waals surface area contributed by atoms with E-state index in [1.54, 1.807) is 19.1 Å². The van der Waals surface area contributed by atoms with Gasteiger partial charge in [0.1, 0.15) is 0 Å². The highest BCUT2D eigenvalue weighted by atomic mass is 16.5. The lowest BCUT2D eigenvalue weighted by Gasteiger charge is -2.06. The molecular weight excluding hydrogens is 205 g/mol. The first kappa shape index (κ1) is 10.9. The van der Waals surface area contributed by atoms with Crippen LogP contribution in [-0.4, -0.2) is 18.0 Å². The van der Waals surface area contributed by atoms with Crippen molar-refractivity contribution in [2.75, 3.05) is 5.32 Å². The summed E-state index contributed by atoms with van der Waals surface area (Å²) in [4.78, 5) is 11.4. The first-order valence-corrected chi connectivity index (χ1v) is 4.97. The van der Waals surface area contributed by atoms with Gasteiger partial charge in [-0.2, -0.15) is 0 Å². The average Bonchev–Trinajstić information content (AvgIpc) is 2.60. The van der Waals surface area contributed by atoms with Gasteiger partial charge in [-0.25, -0.2) is 0 Å². The van der Waals surface area contributed by atoms with E-state index in [9.17, 15) is 9.82 Å². The lowest BCUT2D eigenvalue weighted by molar-refractivity contribution is -0.112. The van der Waals surface area contributed by atoms with Crippen molar-refractivity contribution >= 4 is 24.2 Å². The maximum absolute atomic E-state index is 11.4. The maximum Gasteiger partial charge on any atom is 0.491 e. The molecule has 1 heterocycles. The third kappa shape index (κ3) is 2.00. The van der Waals surface area contributed by atoms with Crippen LogP contribution in [0.3, 0.4) is 0 Å². The largest absolute Gasteiger partial charge is 0.491 e. The number of nitrogens with one attached hydrogen (secondary N) is 1. The molecule has 0 saturated carbocycles. The number of benzene rings is 1. The van der Waals surface area contributed by atoms with Crippen LogP contribution in [0.4, 0.5) is 5.69 Å². The Morgan fingerprint density at radius 3 is 3.06 bits per heavy atom. The Morgan fingerprint density at radius 1 is 1.62 bits per heavy atom. The van der Waals surface area contributed by atoms with E-state index in [-0.39, 0.29) is 5.91 Å². The predicted molar refractivity (Wildman–Crippen MR) is 62.3 cm³/mol. The monoisotopic (exact) mass is 217 g/mol. The fourth-order valence-electron chi connectivity index (χ4n) is 1.53. The SMILES string of the molecule is C=C(C)C(=O)Nc1ccc2c(c1)B(O)OC2. The predicted octanol–water partition coefficient (Wildman–Crippen LogP) is 0.419. The topological polar surface area (TPSA) is 58.6 Å². The number of hydrogen-bond acceptors (Lipinski definition) is 3. The van der Waals surface area contributed by atoms with Crippen LogP contribution < -0.4 is 10.8 Å². The van der Waals surface area contributed by atoms with Crippen LogP contribution >= 0.6 is 0 Å². The molecule has 1 aliphatic heterocycles. The third-order valence-electron chi connectivity index (χ3n) is 2.45. The molecule has 1 aromatic carbocycles. The zero-order valence-corrected chi connectivity index (χ0v) is 8.99. The van der Waals surface area contributed by atoms with Gasteiger partial charge >= 0.3 is 7.12 Å². The Bertz CT molecular complexity index is 459. The summed E-state index contributed by atoms with van der Waals surface area (Å²) in [6, 6.07) is 5.33. The van der Waals surface area contributed by atoms with E-state index in [0.29, 0.717) is 23.3 Å². The quantitative estimate of drug-likeness (QED) is 0.557. The van der Waals surface area contributed by atoms with Crippen molar-refractivity contribution in [3.8, 4) is 0 Å². The number of anilines is 1. The summed E-state index contributed by atoms with van der Waals surface area (Å²) in [7, 11) is -0.892. The van der Waals surface area contributed by atoms with E-state index in [4.69, 9.17) is 4.65 Å². The average molecular weight is 217 g/mol. The number of hydrogen-bond donors (Lipinski definition) is 2. The lowest BCUT2D eigenvalue weighted by Crippen LogP contribution is -2.28. The minimum Gasteiger partial charge on any atom is -0.423 e. The summed E-state index contributed by atoms with van der Waals surface area (Å²) in [5.41, 5.74) is 2.73. The molecule has 5 heteroatoms. The van der Waals surface area contributed by atoms with Crippen molar-refractivity contribution < 1.29 is 14.5 Å². The van der Waals surface area contributed by atoms with Crippen molar-refractivity contribution in [1.29, 1.82) is 0 Å². The van der Waals surface area contributed by atoms with Gasteiger partial charge in [0.25, 0.3) is 5.91 Å². The van der Waals surface area contributed by atoms with Gasteiger partial charge in [0, 0.05) is 11.3 Å². The third-order valence-corrected chi connectivity index (χ3v) is 2.45. The molecule has 0 aliphatic carbocycles. The summed E-state index contributed by atoms with van der Waals surface area (Å²) >= 11 is 0. The lowest BCUT2D eigenvalue weighted by atomic mass is 9.79. The fourth-order valence-corrected chi connectivity index (χ4v) is 1.53. The minimum absolute atomic E-state index is 0.228. The number of carbonyl (C=O) groups excluding carboxylic acids is 1. The summed E-state index contributed by atoms with van der Waals surface area (Å²) in [5.74, 6) is -0.228. The Kier molecular flexibility index (Phi) is 2.81. The molecule has 0 unspecified atom stereocenters. The summed E-state index contributed by atoms with van der Waals surface area (Å²) in [6.07, 6.45) is 0. The van der Waals surface area contributed by atoms with Crippen LogP contribution in [-0.2, 0) is 16.1 Å². The van der Waals surface area contributed by atoms with Crippen LogP contribution in [0.25, 0.3) is 0 Å². The highest BCUT2D eigenvalue weighted by Gasteiger charge is 2.27. The standard InChI is InChI=1S/C11H12BNO3/c1-7(2)11(14)13-9-4-3-8-6-16-12(15)10(8)5-9/h3-5,15H,1,6H2,2H3,(H,13,14). The first-order valence-electron chi connectivity index (χ1n) is 4.97. The number of fused-ring (bicyclic) bond motifs is 1. The summed E-state index contributed by atoms with van der Waals surface area (Å²) in [5, 5.41) is 12.2. The molecule has 1 aromatic rings. The summed E-state index contributed by atoms with van der Waals surface area (Å²) in [6.45, 7) is 5.60. The van der Waals surface area contributed by atoms with Crippen LogP contribution in [0.5, 0.6) is 0 Å². The smallest absolute Gasteiger partial charge is 0.423 e. The molecule has 0 fully saturated rings. The molecule has 2 rings (SSSR count). The molecule has 0 aromatic heterocycles. The second-order valence-corrected chi connectivity index (χ2v) is 3.81. The van der Waals surface area contributed by atoms with Gasteiger partial charge < -0.3 is 15.0 Å². The van der Waals surface area contributed by atoms with E-state index in [1.165, 1.54) is 0 Å². The van der Waals surface area contributed by atoms with Crippen molar-refractivity contribution in [3.05, 3.63) is 35.9 Å². The van der Waals surface area contributed by atoms with Crippen molar-refractivity contribution in [2.24, 2.45) is 0 Å². The van der Waals surface area contributed by atoms with Gasteiger partial charge in [-0.3, -0.25) is 4.79 Å². The number of amides is 1. The van der Waals surface area contributed by atoms with Crippen LogP contribution in [0.1, 0.15) is 12.5 Å². The van der Waals surface area contributed by atoms with Crippen LogP contribution in [0, 0.1) is 0 Å². The van der Waals surface area contributed by atoms with Gasteiger partial charge in [-0.05, 0) is 30.1 Å². The Balaban J connectivity index is 2.22. The number of carbonyl (C=O) groups is 1. The molecule has 16 heavy (non-hydrogen) atoms. The van der Waals surface area contributed by atoms with E-state index in [0.717, 1.165) is 5.56 Å². The van der Waals surface area contributed by atoms with Gasteiger partial charge in [0.05, 0.1) is 6.61 Å². The molecule has 1 amide bonds. The first-order chi connectivity index (χ1) is 7.58. The van der Waals surface area contributed by atoms with Crippen LogP contribution in [0.2, 0.25) is 0 Å². The van der Waals surface area contributed by atoms with Crippen molar-refractivity contribution in [2.45, 2.75) is 13.5 Å². The Hall–Kier alpha value is -1.59. The normalized spacial score (nSPS) is 13.5. The zero-order valence-electron chi connectivity index (χ0n) is 8.99. The highest BCUT2D eigenvalue weighted by molar-refractivity contribution is 6.61. The Morgan fingerprint density at radius 2 is 2.38 bits per heavy atom. The van der Waals surface area contributed by atoms with Gasteiger partial charge in [-0.15, -0.1) is 0 Å². The maximum atomic E-state index is 11.4. The minimum atomic E-state index is -0.892. The fraction of sp³-hybridized carbons (Fsp3) is 0.182. The summed E-state index contributed by atoms with van der Waals surface area (Å²) < 4.78 is 5.06. The number of rotatable bonds is 2.